The normalized spacial score (nSPS) is 15.8. The van der Waals surface area contributed by atoms with E-state index in [0.717, 1.165) is 27.7 Å². The Hall–Kier alpha value is -1.24. The Kier molecular flexibility index (Phi) is 3.63. The van der Waals surface area contributed by atoms with Gasteiger partial charge in [0.15, 0.2) is 0 Å². The van der Waals surface area contributed by atoms with Gasteiger partial charge < -0.3 is 4.98 Å². The lowest BCUT2D eigenvalue weighted by atomic mass is 10.0. The Balaban J connectivity index is 2.10. The molecule has 0 bridgehead atoms. The van der Waals surface area contributed by atoms with E-state index in [1.807, 2.05) is 12.1 Å². The third-order valence-corrected chi connectivity index (χ3v) is 4.63. The van der Waals surface area contributed by atoms with Crippen LogP contribution in [0.5, 0.6) is 0 Å². The van der Waals surface area contributed by atoms with E-state index < -0.39 is 0 Å². The molecule has 0 amide bonds. The van der Waals surface area contributed by atoms with Gasteiger partial charge >= 0.3 is 0 Å². The Morgan fingerprint density at radius 2 is 1.89 bits per heavy atom. The number of H-pyrrole nitrogens is 1. The highest BCUT2D eigenvalue weighted by molar-refractivity contribution is 14.1. The highest BCUT2D eigenvalue weighted by atomic mass is 127. The van der Waals surface area contributed by atoms with Gasteiger partial charge in [-0.3, -0.25) is 9.78 Å². The fraction of sp³-hybridized carbons (Fsp3) is 0.357. The maximum absolute atomic E-state index is 12.1. The van der Waals surface area contributed by atoms with Gasteiger partial charge in [-0.1, -0.05) is 12.8 Å². The number of hydrogen-bond donors (Lipinski definition) is 1. The highest BCUT2D eigenvalue weighted by Gasteiger charge is 2.23. The van der Waals surface area contributed by atoms with Gasteiger partial charge in [-0.2, -0.15) is 0 Å². The number of hydrogen-bond acceptors (Lipinski definition) is 3. The van der Waals surface area contributed by atoms with Crippen molar-refractivity contribution in [3.05, 3.63) is 44.1 Å². The molecule has 0 radical (unpaired) electrons. The molecule has 0 saturated heterocycles. The van der Waals surface area contributed by atoms with E-state index in [-0.39, 0.29) is 5.56 Å². The Morgan fingerprint density at radius 3 is 2.58 bits per heavy atom. The molecule has 98 valence electrons. The summed E-state index contributed by atoms with van der Waals surface area (Å²) in [5.41, 5.74) is 1.83. The number of halogens is 1. The average Bonchev–Trinajstić information content (AvgIpc) is 2.96. The molecular formula is C14H14IN3O. The molecule has 4 nitrogen and oxygen atoms in total. The first-order valence-corrected chi connectivity index (χ1v) is 7.53. The van der Waals surface area contributed by atoms with E-state index in [1.54, 1.807) is 12.4 Å². The predicted octanol–water partition coefficient (Wildman–Crippen LogP) is 3.09. The molecule has 1 saturated carbocycles. The molecule has 1 N–H and O–H groups in total. The first-order chi connectivity index (χ1) is 9.25. The summed E-state index contributed by atoms with van der Waals surface area (Å²) in [5.74, 6) is 1.09. The quantitative estimate of drug-likeness (QED) is 0.830. The number of aromatic nitrogens is 3. The van der Waals surface area contributed by atoms with Crippen LogP contribution in [0.25, 0.3) is 11.4 Å². The summed E-state index contributed by atoms with van der Waals surface area (Å²) < 4.78 is 0.738. The molecule has 0 spiro atoms. The Bertz CT molecular complexity index is 633. The highest BCUT2D eigenvalue weighted by Crippen LogP contribution is 2.34. The van der Waals surface area contributed by atoms with Crippen LogP contribution >= 0.6 is 22.6 Å². The molecule has 2 aromatic heterocycles. The predicted molar refractivity (Wildman–Crippen MR) is 82.0 cm³/mol. The number of nitrogens with zero attached hydrogens (tertiary/aromatic N) is 2. The second-order valence-corrected chi connectivity index (χ2v) is 5.91. The number of nitrogens with one attached hydrogen (secondary N) is 1. The van der Waals surface area contributed by atoms with E-state index >= 15 is 0 Å². The molecular weight excluding hydrogens is 353 g/mol. The zero-order valence-electron chi connectivity index (χ0n) is 10.4. The maximum atomic E-state index is 12.1. The van der Waals surface area contributed by atoms with Crippen LogP contribution in [0.4, 0.5) is 0 Å². The van der Waals surface area contributed by atoms with Crippen molar-refractivity contribution in [2.45, 2.75) is 31.6 Å². The zero-order chi connectivity index (χ0) is 13.2. The van der Waals surface area contributed by atoms with Gasteiger partial charge in [0.2, 0.25) is 0 Å². The summed E-state index contributed by atoms with van der Waals surface area (Å²) in [6, 6.07) is 3.73. The van der Waals surface area contributed by atoms with Crippen molar-refractivity contribution in [3.8, 4) is 11.4 Å². The van der Waals surface area contributed by atoms with Crippen LogP contribution in [-0.4, -0.2) is 15.0 Å². The molecule has 5 heteroatoms. The largest absolute Gasteiger partial charge is 0.306 e. The zero-order valence-corrected chi connectivity index (χ0v) is 12.6. The Morgan fingerprint density at radius 1 is 1.21 bits per heavy atom. The van der Waals surface area contributed by atoms with Crippen LogP contribution in [0.3, 0.4) is 0 Å². The van der Waals surface area contributed by atoms with E-state index in [1.165, 1.54) is 12.8 Å². The SMILES string of the molecule is O=c1[nH]c(-c2ccncc2)nc(C2CCCC2)c1I. The van der Waals surface area contributed by atoms with Crippen molar-refractivity contribution >= 4 is 22.6 Å². The number of aromatic amines is 1. The fourth-order valence-electron chi connectivity index (χ4n) is 2.59. The summed E-state index contributed by atoms with van der Waals surface area (Å²) in [5, 5.41) is 0. The average molecular weight is 367 g/mol. The first-order valence-electron chi connectivity index (χ1n) is 6.46. The minimum Gasteiger partial charge on any atom is -0.306 e. The van der Waals surface area contributed by atoms with Gasteiger partial charge in [-0.05, 0) is 47.6 Å². The van der Waals surface area contributed by atoms with Crippen LogP contribution in [0.2, 0.25) is 0 Å². The van der Waals surface area contributed by atoms with Crippen molar-refractivity contribution in [3.63, 3.8) is 0 Å². The van der Waals surface area contributed by atoms with Crippen molar-refractivity contribution < 1.29 is 0 Å². The molecule has 0 aliphatic heterocycles. The van der Waals surface area contributed by atoms with Gasteiger partial charge in [0.25, 0.3) is 5.56 Å². The lowest BCUT2D eigenvalue weighted by Gasteiger charge is -2.12. The van der Waals surface area contributed by atoms with Crippen molar-refractivity contribution in [1.82, 2.24) is 15.0 Å². The molecule has 1 fully saturated rings. The molecule has 1 aliphatic rings. The lowest BCUT2D eigenvalue weighted by molar-refractivity contribution is 0.687. The van der Waals surface area contributed by atoms with Crippen LogP contribution in [0.15, 0.2) is 29.3 Å². The van der Waals surface area contributed by atoms with Crippen LogP contribution in [0.1, 0.15) is 37.3 Å². The second-order valence-electron chi connectivity index (χ2n) is 4.83. The molecule has 2 heterocycles. The van der Waals surface area contributed by atoms with E-state index in [9.17, 15) is 4.79 Å². The monoisotopic (exact) mass is 367 g/mol. The first kappa shape index (κ1) is 12.8. The van der Waals surface area contributed by atoms with E-state index in [4.69, 9.17) is 4.98 Å². The molecule has 19 heavy (non-hydrogen) atoms. The number of pyridine rings is 1. The molecule has 0 unspecified atom stereocenters. The topological polar surface area (TPSA) is 58.6 Å². The number of rotatable bonds is 2. The van der Waals surface area contributed by atoms with Crippen molar-refractivity contribution in [1.29, 1.82) is 0 Å². The third-order valence-electron chi connectivity index (χ3n) is 3.58. The van der Waals surface area contributed by atoms with Gasteiger partial charge in [-0.25, -0.2) is 4.98 Å². The molecule has 3 rings (SSSR count). The maximum Gasteiger partial charge on any atom is 0.264 e. The van der Waals surface area contributed by atoms with Gasteiger partial charge in [0, 0.05) is 23.9 Å². The van der Waals surface area contributed by atoms with Crippen LogP contribution < -0.4 is 5.56 Å². The lowest BCUT2D eigenvalue weighted by Crippen LogP contribution is -2.17. The molecule has 1 aliphatic carbocycles. The van der Waals surface area contributed by atoms with Crippen molar-refractivity contribution in [2.75, 3.05) is 0 Å². The van der Waals surface area contributed by atoms with Crippen LogP contribution in [-0.2, 0) is 0 Å². The summed E-state index contributed by atoms with van der Waals surface area (Å²) in [4.78, 5) is 23.6. The van der Waals surface area contributed by atoms with Gasteiger partial charge in [-0.15, -0.1) is 0 Å². The standard InChI is InChI=1S/C14H14IN3O/c15-11-12(9-3-1-2-4-9)17-13(18-14(11)19)10-5-7-16-8-6-10/h5-9H,1-4H2,(H,17,18,19). The smallest absolute Gasteiger partial charge is 0.264 e. The van der Waals surface area contributed by atoms with Gasteiger partial charge in [0.05, 0.1) is 9.26 Å². The third kappa shape index (κ3) is 2.56. The summed E-state index contributed by atoms with van der Waals surface area (Å²) in [6.45, 7) is 0. The minimum atomic E-state index is -0.0377. The van der Waals surface area contributed by atoms with Crippen LogP contribution in [0, 0.1) is 3.57 Å². The summed E-state index contributed by atoms with van der Waals surface area (Å²) >= 11 is 2.11. The summed E-state index contributed by atoms with van der Waals surface area (Å²) in [6.07, 6.45) is 8.18. The van der Waals surface area contributed by atoms with Crippen molar-refractivity contribution in [2.24, 2.45) is 0 Å². The molecule has 0 aromatic carbocycles. The minimum absolute atomic E-state index is 0.0377. The molecule has 0 atom stereocenters. The summed E-state index contributed by atoms with van der Waals surface area (Å²) in [7, 11) is 0. The fourth-order valence-corrected chi connectivity index (χ4v) is 3.29. The van der Waals surface area contributed by atoms with E-state index in [2.05, 4.69) is 32.6 Å². The molecule has 2 aromatic rings. The van der Waals surface area contributed by atoms with Gasteiger partial charge in [0.1, 0.15) is 5.82 Å². The Labute approximate surface area is 124 Å². The van der Waals surface area contributed by atoms with E-state index in [0.29, 0.717) is 11.7 Å². The second kappa shape index (κ2) is 5.40.